The smallest absolute Gasteiger partial charge is 0.272 e. The topological polar surface area (TPSA) is 92.7 Å². The summed E-state index contributed by atoms with van der Waals surface area (Å²) in [5.41, 5.74) is 2.62. The predicted octanol–water partition coefficient (Wildman–Crippen LogP) is 3.46. The highest BCUT2D eigenvalue weighted by atomic mass is 32.2. The van der Waals surface area contributed by atoms with Gasteiger partial charge in [-0.05, 0) is 30.4 Å². The van der Waals surface area contributed by atoms with Gasteiger partial charge < -0.3 is 5.32 Å². The van der Waals surface area contributed by atoms with Gasteiger partial charge in [-0.2, -0.15) is 5.10 Å². The number of thiophene rings is 1. The lowest BCUT2D eigenvalue weighted by Gasteiger charge is -2.12. The Morgan fingerprint density at radius 3 is 2.86 bits per heavy atom. The van der Waals surface area contributed by atoms with Crippen molar-refractivity contribution in [2.45, 2.75) is 25.0 Å². The molecule has 148 valence electrons. The number of aryl methyl sites for hydroxylation is 2. The first-order valence-electron chi connectivity index (χ1n) is 9.07. The summed E-state index contributed by atoms with van der Waals surface area (Å²) in [4.78, 5) is 29.9. The molecule has 0 aliphatic rings. The van der Waals surface area contributed by atoms with Crippen LogP contribution < -0.4 is 10.9 Å². The maximum absolute atomic E-state index is 13.0. The second kappa shape index (κ2) is 8.62. The molecular weight excluding hydrogens is 406 g/mol. The normalized spacial score (nSPS) is 11.1. The summed E-state index contributed by atoms with van der Waals surface area (Å²) >= 11 is 2.65. The van der Waals surface area contributed by atoms with Crippen LogP contribution in [-0.2, 0) is 17.8 Å². The molecular formula is C20H19N5O2S2. The predicted molar refractivity (Wildman–Crippen MR) is 117 cm³/mol. The lowest BCUT2D eigenvalue weighted by Crippen LogP contribution is -2.24. The lowest BCUT2D eigenvalue weighted by molar-refractivity contribution is -0.113. The van der Waals surface area contributed by atoms with Crippen LogP contribution >= 0.6 is 23.1 Å². The molecule has 0 aliphatic carbocycles. The first-order chi connectivity index (χ1) is 14.1. The van der Waals surface area contributed by atoms with Gasteiger partial charge in [-0.1, -0.05) is 42.1 Å². The summed E-state index contributed by atoms with van der Waals surface area (Å²) in [5.74, 6) is 0.422. The Labute approximate surface area is 175 Å². The number of hydrogen-bond donors (Lipinski definition) is 2. The average molecular weight is 426 g/mol. The number of carbonyl (C=O) groups excluding carboxylic acids is 1. The van der Waals surface area contributed by atoms with E-state index in [1.165, 1.54) is 23.1 Å². The van der Waals surface area contributed by atoms with E-state index in [-0.39, 0.29) is 17.2 Å². The van der Waals surface area contributed by atoms with Crippen LogP contribution in [0.5, 0.6) is 0 Å². The minimum absolute atomic E-state index is 0.0632. The van der Waals surface area contributed by atoms with Gasteiger partial charge in [0.1, 0.15) is 4.70 Å². The van der Waals surface area contributed by atoms with E-state index in [0.29, 0.717) is 34.2 Å². The zero-order valence-electron chi connectivity index (χ0n) is 15.7. The Kier molecular flexibility index (Phi) is 5.77. The Hall–Kier alpha value is -2.91. The molecule has 3 heterocycles. The number of H-pyrrole nitrogens is 1. The van der Waals surface area contributed by atoms with Crippen molar-refractivity contribution in [1.29, 1.82) is 0 Å². The van der Waals surface area contributed by atoms with Gasteiger partial charge in [-0.3, -0.25) is 19.3 Å². The molecule has 0 spiro atoms. The number of carbonyl (C=O) groups is 1. The summed E-state index contributed by atoms with van der Waals surface area (Å²) < 4.78 is 2.31. The van der Waals surface area contributed by atoms with E-state index in [9.17, 15) is 9.59 Å². The van der Waals surface area contributed by atoms with Gasteiger partial charge in [0.05, 0.1) is 11.3 Å². The molecule has 4 aromatic rings. The van der Waals surface area contributed by atoms with Gasteiger partial charge in [0.2, 0.25) is 5.91 Å². The number of hydrogen-bond acceptors (Lipinski definition) is 6. The molecule has 7 nitrogen and oxygen atoms in total. The second-order valence-corrected chi connectivity index (χ2v) is 8.35. The van der Waals surface area contributed by atoms with Crippen molar-refractivity contribution < 1.29 is 4.79 Å². The van der Waals surface area contributed by atoms with E-state index in [1.54, 1.807) is 10.6 Å². The fraction of sp³-hybridized carbons (Fsp3) is 0.200. The van der Waals surface area contributed by atoms with Gasteiger partial charge in [-0.15, -0.1) is 11.3 Å². The van der Waals surface area contributed by atoms with Gasteiger partial charge >= 0.3 is 0 Å². The molecule has 1 aromatic carbocycles. The first kappa shape index (κ1) is 19.4. The van der Waals surface area contributed by atoms with Crippen LogP contribution in [0.1, 0.15) is 11.3 Å². The Bertz CT molecular complexity index is 1200. The number of thioether (sulfide) groups is 1. The van der Waals surface area contributed by atoms with Crippen LogP contribution in [0, 0.1) is 6.92 Å². The molecule has 3 aromatic heterocycles. The van der Waals surface area contributed by atoms with E-state index in [0.717, 1.165) is 11.3 Å². The molecule has 0 atom stereocenters. The Balaban J connectivity index is 1.53. The Morgan fingerprint density at radius 1 is 1.28 bits per heavy atom. The van der Waals surface area contributed by atoms with E-state index >= 15 is 0 Å². The maximum Gasteiger partial charge on any atom is 0.272 e. The molecule has 0 fully saturated rings. The van der Waals surface area contributed by atoms with Crippen LogP contribution in [0.3, 0.4) is 0 Å². The van der Waals surface area contributed by atoms with Gasteiger partial charge in [-0.25, -0.2) is 4.98 Å². The molecule has 0 aliphatic heterocycles. The Morgan fingerprint density at radius 2 is 2.10 bits per heavy atom. The summed E-state index contributed by atoms with van der Waals surface area (Å²) in [7, 11) is 0. The van der Waals surface area contributed by atoms with Crippen molar-refractivity contribution in [3.63, 3.8) is 0 Å². The van der Waals surface area contributed by atoms with Crippen molar-refractivity contribution in [2.75, 3.05) is 11.1 Å². The third-order valence-corrected chi connectivity index (χ3v) is 6.17. The summed E-state index contributed by atoms with van der Waals surface area (Å²) in [6, 6.07) is 13.6. The number of anilines is 1. The molecule has 4 rings (SSSR count). The number of fused-ring (bicyclic) bond motifs is 1. The fourth-order valence-electron chi connectivity index (χ4n) is 2.91. The molecule has 0 bridgehead atoms. The van der Waals surface area contributed by atoms with Crippen molar-refractivity contribution >= 4 is 45.0 Å². The molecule has 29 heavy (non-hydrogen) atoms. The van der Waals surface area contributed by atoms with E-state index in [1.807, 2.05) is 48.7 Å². The van der Waals surface area contributed by atoms with Gasteiger partial charge in [0.15, 0.2) is 11.0 Å². The number of amides is 1. The number of rotatable bonds is 7. The van der Waals surface area contributed by atoms with Crippen molar-refractivity contribution in [3.8, 4) is 0 Å². The molecule has 0 radical (unpaired) electrons. The SMILES string of the molecule is Cc1cc(NC(=O)CSc2nc3ccsc3c(=O)n2CCc2ccccc2)n[nH]1. The minimum Gasteiger partial charge on any atom is -0.308 e. The van der Waals surface area contributed by atoms with Crippen LogP contribution in [0.4, 0.5) is 5.82 Å². The van der Waals surface area contributed by atoms with Crippen LogP contribution in [0.25, 0.3) is 10.2 Å². The van der Waals surface area contributed by atoms with E-state index < -0.39 is 0 Å². The van der Waals surface area contributed by atoms with Gasteiger partial charge in [0.25, 0.3) is 5.56 Å². The van der Waals surface area contributed by atoms with E-state index in [2.05, 4.69) is 20.5 Å². The van der Waals surface area contributed by atoms with Crippen LogP contribution in [-0.4, -0.2) is 31.4 Å². The lowest BCUT2D eigenvalue weighted by atomic mass is 10.1. The number of aromatic amines is 1. The molecule has 2 N–H and O–H groups in total. The van der Waals surface area contributed by atoms with E-state index in [4.69, 9.17) is 0 Å². The fourth-order valence-corrected chi connectivity index (χ4v) is 4.51. The third kappa shape index (κ3) is 4.57. The summed E-state index contributed by atoms with van der Waals surface area (Å²) in [5, 5.41) is 11.9. The highest BCUT2D eigenvalue weighted by Crippen LogP contribution is 2.21. The zero-order chi connectivity index (χ0) is 20.2. The first-order valence-corrected chi connectivity index (χ1v) is 10.9. The summed E-state index contributed by atoms with van der Waals surface area (Å²) in [6.45, 7) is 2.37. The molecule has 1 amide bonds. The van der Waals surface area contributed by atoms with Crippen molar-refractivity contribution in [3.05, 3.63) is 69.5 Å². The number of nitrogens with zero attached hydrogens (tertiary/aromatic N) is 3. The molecule has 0 saturated carbocycles. The molecule has 0 unspecified atom stereocenters. The highest BCUT2D eigenvalue weighted by Gasteiger charge is 2.15. The number of aromatic nitrogens is 4. The standard InChI is InChI=1S/C20H19N5O2S2/c1-13-11-16(24-23-13)22-17(26)12-29-20-21-15-8-10-28-18(15)19(27)25(20)9-7-14-5-3-2-4-6-14/h2-6,8,10-11H,7,9,12H2,1H3,(H2,22,23,24,26). The van der Waals surface area contributed by atoms with Gasteiger partial charge in [0, 0.05) is 18.3 Å². The monoisotopic (exact) mass is 425 g/mol. The molecule has 9 heteroatoms. The van der Waals surface area contributed by atoms with Crippen molar-refractivity contribution in [2.24, 2.45) is 0 Å². The molecule has 0 saturated heterocycles. The minimum atomic E-state index is -0.198. The zero-order valence-corrected chi connectivity index (χ0v) is 17.3. The second-order valence-electron chi connectivity index (χ2n) is 6.49. The number of nitrogens with one attached hydrogen (secondary N) is 2. The largest absolute Gasteiger partial charge is 0.308 e. The number of benzene rings is 1. The quantitative estimate of drug-likeness (QED) is 0.349. The van der Waals surface area contributed by atoms with Crippen LogP contribution in [0.15, 0.2) is 57.8 Å². The summed E-state index contributed by atoms with van der Waals surface area (Å²) in [6.07, 6.45) is 0.714. The third-order valence-electron chi connectivity index (χ3n) is 4.30. The van der Waals surface area contributed by atoms with Crippen LogP contribution in [0.2, 0.25) is 0 Å². The van der Waals surface area contributed by atoms with Crippen molar-refractivity contribution in [1.82, 2.24) is 19.7 Å². The highest BCUT2D eigenvalue weighted by molar-refractivity contribution is 7.99. The average Bonchev–Trinajstić information content (AvgIpc) is 3.35. The maximum atomic E-state index is 13.0.